The molecule has 2 aromatic heterocycles. The second-order valence-electron chi connectivity index (χ2n) is 7.28. The maximum Gasteiger partial charge on any atom is 0.417 e. The summed E-state index contributed by atoms with van der Waals surface area (Å²) < 4.78 is 66.5. The van der Waals surface area contributed by atoms with Gasteiger partial charge >= 0.3 is 12.1 Å². The first-order chi connectivity index (χ1) is 15.1. The largest absolute Gasteiger partial charge is 0.481 e. The van der Waals surface area contributed by atoms with Crippen molar-refractivity contribution < 1.29 is 31.5 Å². The lowest BCUT2D eigenvalue weighted by atomic mass is 10.1. The molecule has 3 aromatic rings. The third-order valence-corrected chi connectivity index (χ3v) is 8.15. The Balaban J connectivity index is 1.50. The normalized spacial score (nSPS) is 15.9. The first-order valence-electron chi connectivity index (χ1n) is 9.56. The van der Waals surface area contributed by atoms with Crippen LogP contribution in [0.15, 0.2) is 46.8 Å². The Bertz CT molecular complexity index is 1250. The van der Waals surface area contributed by atoms with E-state index in [9.17, 15) is 26.4 Å². The number of carboxylic acid groups (broad SMARTS) is 1. The predicted octanol–water partition coefficient (Wildman–Crippen LogP) is 3.45. The van der Waals surface area contributed by atoms with Crippen molar-refractivity contribution >= 4 is 43.2 Å². The van der Waals surface area contributed by atoms with E-state index in [1.54, 1.807) is 16.3 Å². The summed E-state index contributed by atoms with van der Waals surface area (Å²) in [5, 5.41) is 11.4. The fourth-order valence-corrected chi connectivity index (χ4v) is 5.96. The van der Waals surface area contributed by atoms with Crippen LogP contribution < -0.4 is 4.90 Å². The molecule has 0 aliphatic carbocycles. The van der Waals surface area contributed by atoms with Gasteiger partial charge in [-0.1, -0.05) is 0 Å². The second kappa shape index (κ2) is 8.34. The first-order valence-corrected chi connectivity index (χ1v) is 11.9. The lowest BCUT2D eigenvalue weighted by Crippen LogP contribution is -2.48. The zero-order valence-electron chi connectivity index (χ0n) is 16.5. The fraction of sp³-hybridized carbons (Fsp3) is 0.300. The van der Waals surface area contributed by atoms with E-state index in [0.29, 0.717) is 16.8 Å². The van der Waals surface area contributed by atoms with Gasteiger partial charge in [-0.05, 0) is 46.7 Å². The quantitative estimate of drug-likeness (QED) is 0.595. The van der Waals surface area contributed by atoms with E-state index in [1.165, 1.54) is 33.8 Å². The number of halogens is 3. The molecule has 1 aliphatic heterocycles. The number of carbonyl (C=O) groups is 1. The van der Waals surface area contributed by atoms with Gasteiger partial charge in [0.15, 0.2) is 0 Å². The summed E-state index contributed by atoms with van der Waals surface area (Å²) in [5.41, 5.74) is -0.277. The summed E-state index contributed by atoms with van der Waals surface area (Å²) in [7, 11) is -3.81. The van der Waals surface area contributed by atoms with Crippen LogP contribution >= 0.6 is 11.3 Å². The van der Waals surface area contributed by atoms with Crippen LogP contribution in [0, 0.1) is 0 Å². The van der Waals surface area contributed by atoms with Gasteiger partial charge in [0.1, 0.15) is 5.82 Å². The van der Waals surface area contributed by atoms with Crippen LogP contribution in [0.2, 0.25) is 0 Å². The molecule has 1 fully saturated rings. The molecule has 32 heavy (non-hydrogen) atoms. The van der Waals surface area contributed by atoms with E-state index < -0.39 is 27.7 Å². The summed E-state index contributed by atoms with van der Waals surface area (Å²) in [5.74, 6) is -0.640. The Hall–Kier alpha value is -2.70. The van der Waals surface area contributed by atoms with E-state index in [1.807, 2.05) is 0 Å². The average Bonchev–Trinajstić information content (AvgIpc) is 3.15. The lowest BCUT2D eigenvalue weighted by Gasteiger charge is -2.34. The van der Waals surface area contributed by atoms with Crippen molar-refractivity contribution in [1.29, 1.82) is 0 Å². The first kappa shape index (κ1) is 22.5. The highest BCUT2D eigenvalue weighted by Crippen LogP contribution is 2.31. The molecule has 12 heteroatoms. The third-order valence-electron chi connectivity index (χ3n) is 5.24. The summed E-state index contributed by atoms with van der Waals surface area (Å²) in [6.07, 6.45) is -3.89. The molecule has 170 valence electrons. The van der Waals surface area contributed by atoms with E-state index in [2.05, 4.69) is 4.98 Å². The lowest BCUT2D eigenvalue weighted by molar-refractivity contribution is -0.138. The number of piperazine rings is 1. The van der Waals surface area contributed by atoms with Crippen LogP contribution in [-0.4, -0.2) is 55.0 Å². The van der Waals surface area contributed by atoms with E-state index in [0.717, 1.165) is 17.0 Å². The molecule has 1 aliphatic rings. The summed E-state index contributed by atoms with van der Waals surface area (Å²) in [6.45, 7) is 0.856. The number of rotatable bonds is 5. The van der Waals surface area contributed by atoms with Gasteiger partial charge in [-0.15, -0.1) is 11.3 Å². The Morgan fingerprint density at radius 3 is 2.44 bits per heavy atom. The molecule has 0 spiro atoms. The average molecular weight is 486 g/mol. The minimum absolute atomic E-state index is 0.0798. The van der Waals surface area contributed by atoms with Crippen molar-refractivity contribution in [3.05, 3.63) is 53.0 Å². The van der Waals surface area contributed by atoms with Crippen LogP contribution in [0.4, 0.5) is 19.0 Å². The van der Waals surface area contributed by atoms with Gasteiger partial charge in [0.25, 0.3) is 0 Å². The number of aliphatic carboxylic acids is 1. The molecular weight excluding hydrogens is 467 g/mol. The number of fused-ring (bicyclic) bond motifs is 1. The van der Waals surface area contributed by atoms with Crippen molar-refractivity contribution in [2.24, 2.45) is 0 Å². The third kappa shape index (κ3) is 4.43. The number of hydrogen-bond acceptors (Lipinski definition) is 6. The van der Waals surface area contributed by atoms with Gasteiger partial charge in [-0.2, -0.15) is 17.5 Å². The van der Waals surface area contributed by atoms with Crippen LogP contribution in [0.25, 0.3) is 10.1 Å². The highest BCUT2D eigenvalue weighted by Gasteiger charge is 2.32. The van der Waals surface area contributed by atoms with Gasteiger partial charge in [-0.3, -0.25) is 4.79 Å². The summed E-state index contributed by atoms with van der Waals surface area (Å²) in [6, 6.07) is 6.91. The number of pyridine rings is 1. The van der Waals surface area contributed by atoms with Crippen LogP contribution in [0.1, 0.15) is 11.1 Å². The second-order valence-corrected chi connectivity index (χ2v) is 10.1. The number of nitrogens with zero attached hydrogens (tertiary/aromatic N) is 3. The molecule has 0 saturated carbocycles. The molecular formula is C20H18F3N3O4S2. The Morgan fingerprint density at radius 1 is 1.12 bits per heavy atom. The molecule has 1 aromatic carbocycles. The van der Waals surface area contributed by atoms with Crippen molar-refractivity contribution in [3.8, 4) is 0 Å². The monoisotopic (exact) mass is 485 g/mol. The van der Waals surface area contributed by atoms with Crippen molar-refractivity contribution in [3.63, 3.8) is 0 Å². The van der Waals surface area contributed by atoms with Gasteiger partial charge in [-0.25, -0.2) is 13.4 Å². The molecule has 0 amide bonds. The number of aromatic nitrogens is 1. The molecule has 0 unspecified atom stereocenters. The topological polar surface area (TPSA) is 90.8 Å². The molecule has 1 N–H and O–H groups in total. The van der Waals surface area contributed by atoms with Crippen molar-refractivity contribution in [2.75, 3.05) is 31.1 Å². The van der Waals surface area contributed by atoms with Crippen LogP contribution in [0.5, 0.6) is 0 Å². The van der Waals surface area contributed by atoms with Gasteiger partial charge in [0.2, 0.25) is 10.0 Å². The van der Waals surface area contributed by atoms with E-state index in [4.69, 9.17) is 5.11 Å². The number of alkyl halides is 3. The Labute approximate surface area is 185 Å². The molecule has 0 radical (unpaired) electrons. The molecule has 1 saturated heterocycles. The summed E-state index contributed by atoms with van der Waals surface area (Å²) in [4.78, 5) is 16.7. The Kier molecular flexibility index (Phi) is 5.86. The number of hydrogen-bond donors (Lipinski definition) is 1. The van der Waals surface area contributed by atoms with Gasteiger partial charge in [0, 0.05) is 37.1 Å². The molecule has 0 atom stereocenters. The molecule has 7 nitrogen and oxygen atoms in total. The van der Waals surface area contributed by atoms with Crippen molar-refractivity contribution in [2.45, 2.75) is 17.5 Å². The predicted molar refractivity (Wildman–Crippen MR) is 113 cm³/mol. The highest BCUT2D eigenvalue weighted by atomic mass is 32.2. The SMILES string of the molecule is O=C(O)Cc1csc2ccc(S(=O)(=O)N3CCN(c4ccc(C(F)(F)F)cn4)CC3)cc12. The number of benzene rings is 1. The molecule has 3 heterocycles. The maximum atomic E-state index is 13.1. The Morgan fingerprint density at radius 2 is 1.84 bits per heavy atom. The highest BCUT2D eigenvalue weighted by molar-refractivity contribution is 7.89. The minimum atomic E-state index is -4.47. The smallest absolute Gasteiger partial charge is 0.417 e. The fourth-order valence-electron chi connectivity index (χ4n) is 3.57. The zero-order chi connectivity index (χ0) is 23.1. The van der Waals surface area contributed by atoms with E-state index in [-0.39, 0.29) is 37.5 Å². The molecule has 4 rings (SSSR count). The van der Waals surface area contributed by atoms with Crippen LogP contribution in [-0.2, 0) is 27.4 Å². The number of anilines is 1. The zero-order valence-corrected chi connectivity index (χ0v) is 18.2. The number of thiophene rings is 1. The minimum Gasteiger partial charge on any atom is -0.481 e. The molecule has 0 bridgehead atoms. The van der Waals surface area contributed by atoms with E-state index >= 15 is 0 Å². The number of carboxylic acids is 1. The van der Waals surface area contributed by atoms with Gasteiger partial charge < -0.3 is 10.0 Å². The maximum absolute atomic E-state index is 13.1. The van der Waals surface area contributed by atoms with Crippen molar-refractivity contribution in [1.82, 2.24) is 9.29 Å². The van der Waals surface area contributed by atoms with Crippen LogP contribution in [0.3, 0.4) is 0 Å². The number of sulfonamides is 1. The standard InChI is InChI=1S/C20H18F3N3O4S2/c21-20(22,23)14-1-4-18(24-11-14)25-5-7-26(8-6-25)32(29,30)15-2-3-17-16(10-15)13(12-31-17)9-19(27)28/h1-4,10-12H,5-9H2,(H,27,28). The van der Waals surface area contributed by atoms with Gasteiger partial charge in [0.05, 0.1) is 16.9 Å². The summed E-state index contributed by atoms with van der Waals surface area (Å²) >= 11 is 1.36.